The van der Waals surface area contributed by atoms with E-state index in [4.69, 9.17) is 9.15 Å². The quantitative estimate of drug-likeness (QED) is 0.439. The lowest BCUT2D eigenvalue weighted by Crippen LogP contribution is -2.23. The number of nitrogens with one attached hydrogen (secondary N) is 2. The zero-order valence-corrected chi connectivity index (χ0v) is 16.7. The average Bonchev–Trinajstić information content (AvgIpc) is 3.35. The van der Waals surface area contributed by atoms with Crippen LogP contribution in [-0.2, 0) is 6.54 Å². The first-order valence-corrected chi connectivity index (χ1v) is 9.68. The van der Waals surface area contributed by atoms with Crippen molar-refractivity contribution in [3.63, 3.8) is 0 Å². The van der Waals surface area contributed by atoms with Crippen molar-refractivity contribution >= 4 is 17.5 Å². The Hall–Kier alpha value is -4.46. The summed E-state index contributed by atoms with van der Waals surface area (Å²) < 4.78 is 24.9. The van der Waals surface area contributed by atoms with E-state index in [0.29, 0.717) is 22.6 Å². The summed E-state index contributed by atoms with van der Waals surface area (Å²) in [5, 5.41) is 5.40. The van der Waals surface area contributed by atoms with Crippen molar-refractivity contribution in [3.05, 3.63) is 108 Å². The van der Waals surface area contributed by atoms with Gasteiger partial charge in [0.1, 0.15) is 5.75 Å². The lowest BCUT2D eigenvalue weighted by Gasteiger charge is -2.10. The number of nitrogens with zero attached hydrogens (tertiary/aromatic N) is 1. The number of furan rings is 1. The van der Waals surface area contributed by atoms with E-state index < -0.39 is 11.7 Å². The van der Waals surface area contributed by atoms with Gasteiger partial charge in [0, 0.05) is 24.0 Å². The van der Waals surface area contributed by atoms with Crippen LogP contribution in [0.25, 0.3) is 0 Å². The van der Waals surface area contributed by atoms with E-state index in [1.807, 2.05) is 0 Å². The van der Waals surface area contributed by atoms with E-state index in [2.05, 4.69) is 15.6 Å². The molecule has 0 saturated carbocycles. The molecule has 0 fully saturated rings. The Bertz CT molecular complexity index is 1230. The van der Waals surface area contributed by atoms with Crippen LogP contribution in [0.5, 0.6) is 11.5 Å². The van der Waals surface area contributed by atoms with Crippen molar-refractivity contribution in [1.29, 1.82) is 0 Å². The number of benzene rings is 2. The Balaban J connectivity index is 1.36. The van der Waals surface area contributed by atoms with E-state index in [1.165, 1.54) is 30.7 Å². The number of halogens is 1. The van der Waals surface area contributed by atoms with Crippen molar-refractivity contribution in [1.82, 2.24) is 10.3 Å². The smallest absolute Gasteiger partial charge is 0.291 e. The van der Waals surface area contributed by atoms with Crippen molar-refractivity contribution in [2.75, 3.05) is 5.32 Å². The summed E-state index contributed by atoms with van der Waals surface area (Å²) in [6.45, 7) is 0.117. The Labute approximate surface area is 182 Å². The van der Waals surface area contributed by atoms with Crippen LogP contribution in [0.1, 0.15) is 26.5 Å². The van der Waals surface area contributed by atoms with Gasteiger partial charge in [0.15, 0.2) is 17.3 Å². The molecule has 2 N–H and O–H groups in total. The fraction of sp³-hybridized carbons (Fsp3) is 0.0417. The predicted octanol–water partition coefficient (Wildman–Crippen LogP) is 4.79. The number of amides is 2. The Morgan fingerprint density at radius 2 is 1.91 bits per heavy atom. The normalized spacial score (nSPS) is 10.4. The third-order valence-electron chi connectivity index (χ3n) is 4.44. The molecule has 2 aromatic carbocycles. The van der Waals surface area contributed by atoms with Crippen LogP contribution in [-0.4, -0.2) is 16.8 Å². The van der Waals surface area contributed by atoms with Gasteiger partial charge in [-0.1, -0.05) is 12.1 Å². The molecule has 0 aliphatic rings. The highest BCUT2D eigenvalue weighted by Gasteiger charge is 2.12. The molecular formula is C24H18FN3O4. The fourth-order valence-electron chi connectivity index (χ4n) is 2.89. The molecule has 0 atom stereocenters. The van der Waals surface area contributed by atoms with Gasteiger partial charge in [-0.2, -0.15) is 0 Å². The van der Waals surface area contributed by atoms with Crippen LogP contribution in [0.15, 0.2) is 89.8 Å². The first-order valence-electron chi connectivity index (χ1n) is 9.68. The number of aromatic nitrogens is 1. The minimum Gasteiger partial charge on any atom is -0.459 e. The Morgan fingerprint density at radius 1 is 1.00 bits per heavy atom. The van der Waals surface area contributed by atoms with Gasteiger partial charge in [-0.05, 0) is 60.2 Å². The largest absolute Gasteiger partial charge is 0.459 e. The maximum absolute atomic E-state index is 14.4. The van der Waals surface area contributed by atoms with E-state index in [9.17, 15) is 14.0 Å². The standard InChI is InChI=1S/C24H18FN3O4/c25-20-12-16(8-9-21(20)32-19-6-2-10-26-15-19)14-27-23(29)17-4-1-5-18(13-17)28-24(30)22-7-3-11-31-22/h1-13,15H,14H2,(H,27,29)(H,28,30). The van der Waals surface area contributed by atoms with Crippen LogP contribution in [0, 0.1) is 5.82 Å². The molecule has 160 valence electrons. The molecule has 4 aromatic rings. The number of carbonyl (C=O) groups is 2. The fourth-order valence-corrected chi connectivity index (χ4v) is 2.89. The molecule has 32 heavy (non-hydrogen) atoms. The summed E-state index contributed by atoms with van der Waals surface area (Å²) in [6, 6.07) is 17.4. The summed E-state index contributed by atoms with van der Waals surface area (Å²) in [6.07, 6.45) is 4.48. The van der Waals surface area contributed by atoms with Crippen LogP contribution < -0.4 is 15.4 Å². The zero-order valence-electron chi connectivity index (χ0n) is 16.7. The monoisotopic (exact) mass is 431 g/mol. The molecule has 8 heteroatoms. The minimum absolute atomic E-state index is 0.0630. The SMILES string of the molecule is O=C(NCc1ccc(Oc2cccnc2)c(F)c1)c1cccc(NC(=O)c2ccco2)c1. The van der Waals surface area contributed by atoms with E-state index >= 15 is 0 Å². The van der Waals surface area contributed by atoms with Crippen LogP contribution >= 0.6 is 0 Å². The topological polar surface area (TPSA) is 93.5 Å². The molecule has 0 aliphatic heterocycles. The first kappa shape index (κ1) is 20.8. The van der Waals surface area contributed by atoms with Crippen molar-refractivity contribution in [2.45, 2.75) is 6.54 Å². The average molecular weight is 431 g/mol. The predicted molar refractivity (Wildman–Crippen MR) is 115 cm³/mol. The minimum atomic E-state index is -0.553. The van der Waals surface area contributed by atoms with Gasteiger partial charge in [-0.25, -0.2) is 4.39 Å². The molecular weight excluding hydrogens is 413 g/mol. The van der Waals surface area contributed by atoms with Crippen molar-refractivity contribution < 1.29 is 23.1 Å². The molecule has 0 saturated heterocycles. The molecule has 0 bridgehead atoms. The molecule has 2 heterocycles. The van der Waals surface area contributed by atoms with Gasteiger partial charge in [-0.3, -0.25) is 14.6 Å². The molecule has 0 spiro atoms. The van der Waals surface area contributed by atoms with Crippen LogP contribution in [0.3, 0.4) is 0 Å². The number of hydrogen-bond acceptors (Lipinski definition) is 5. The van der Waals surface area contributed by atoms with Gasteiger partial charge in [0.2, 0.25) is 0 Å². The van der Waals surface area contributed by atoms with Gasteiger partial charge in [0.25, 0.3) is 11.8 Å². The number of ether oxygens (including phenoxy) is 1. The maximum Gasteiger partial charge on any atom is 0.291 e. The number of carbonyl (C=O) groups excluding carboxylic acids is 2. The maximum atomic E-state index is 14.4. The van der Waals surface area contributed by atoms with E-state index in [1.54, 1.807) is 54.7 Å². The molecule has 0 unspecified atom stereocenters. The lowest BCUT2D eigenvalue weighted by molar-refractivity contribution is 0.0949. The number of pyridine rings is 1. The molecule has 0 radical (unpaired) electrons. The third-order valence-corrected chi connectivity index (χ3v) is 4.44. The third kappa shape index (κ3) is 5.17. The van der Waals surface area contributed by atoms with Crippen molar-refractivity contribution in [3.8, 4) is 11.5 Å². The second-order valence-electron chi connectivity index (χ2n) is 6.75. The summed E-state index contributed by atoms with van der Waals surface area (Å²) >= 11 is 0. The van der Waals surface area contributed by atoms with E-state index in [0.717, 1.165) is 0 Å². The number of hydrogen-bond donors (Lipinski definition) is 2. The lowest BCUT2D eigenvalue weighted by atomic mass is 10.1. The first-order chi connectivity index (χ1) is 15.6. The highest BCUT2D eigenvalue weighted by molar-refractivity contribution is 6.03. The molecule has 4 rings (SSSR count). The van der Waals surface area contributed by atoms with Gasteiger partial charge in [-0.15, -0.1) is 0 Å². The zero-order chi connectivity index (χ0) is 22.3. The molecule has 2 amide bonds. The Kier molecular flexibility index (Phi) is 6.22. The van der Waals surface area contributed by atoms with Gasteiger partial charge < -0.3 is 19.8 Å². The van der Waals surface area contributed by atoms with E-state index in [-0.39, 0.29) is 24.0 Å². The van der Waals surface area contributed by atoms with Gasteiger partial charge >= 0.3 is 0 Å². The second-order valence-corrected chi connectivity index (χ2v) is 6.75. The summed E-state index contributed by atoms with van der Waals surface area (Å²) in [5.74, 6) is -0.688. The van der Waals surface area contributed by atoms with Crippen LogP contribution in [0.2, 0.25) is 0 Å². The number of rotatable bonds is 7. The summed E-state index contributed by atoms with van der Waals surface area (Å²) in [7, 11) is 0. The summed E-state index contributed by atoms with van der Waals surface area (Å²) in [5.41, 5.74) is 1.36. The highest BCUT2D eigenvalue weighted by Crippen LogP contribution is 2.24. The number of anilines is 1. The highest BCUT2D eigenvalue weighted by atomic mass is 19.1. The molecule has 0 aliphatic carbocycles. The second kappa shape index (κ2) is 9.57. The van der Waals surface area contributed by atoms with Crippen LogP contribution in [0.4, 0.5) is 10.1 Å². The van der Waals surface area contributed by atoms with Gasteiger partial charge in [0.05, 0.1) is 12.5 Å². The van der Waals surface area contributed by atoms with Crippen molar-refractivity contribution in [2.24, 2.45) is 0 Å². The Morgan fingerprint density at radius 3 is 2.66 bits per heavy atom. The summed E-state index contributed by atoms with van der Waals surface area (Å²) in [4.78, 5) is 28.5. The molecule has 2 aromatic heterocycles. The molecule has 7 nitrogen and oxygen atoms in total.